The van der Waals surface area contributed by atoms with Crippen LogP contribution >= 0.6 is 0 Å². The largest absolute Gasteiger partial charge is 0.396 e. The van der Waals surface area contributed by atoms with E-state index in [9.17, 15) is 0 Å². The van der Waals surface area contributed by atoms with Gasteiger partial charge in [0.1, 0.15) is 0 Å². The van der Waals surface area contributed by atoms with Gasteiger partial charge in [-0.3, -0.25) is 0 Å². The first-order valence-corrected chi connectivity index (χ1v) is 4.56. The van der Waals surface area contributed by atoms with E-state index in [1.165, 1.54) is 0 Å². The molecule has 0 aliphatic rings. The van der Waals surface area contributed by atoms with Crippen molar-refractivity contribution in [2.24, 2.45) is 10.8 Å². The van der Waals surface area contributed by atoms with Crippen LogP contribution in [0.25, 0.3) is 0 Å². The van der Waals surface area contributed by atoms with Crippen LogP contribution in [0.4, 0.5) is 0 Å². The predicted molar refractivity (Wildman–Crippen MR) is 53.1 cm³/mol. The first-order chi connectivity index (χ1) is 5.83. The van der Waals surface area contributed by atoms with E-state index in [1.54, 1.807) is 0 Å². The summed E-state index contributed by atoms with van der Waals surface area (Å²) >= 11 is 0. The lowest BCUT2D eigenvalue weighted by Gasteiger charge is -2.24. The lowest BCUT2D eigenvalue weighted by molar-refractivity contribution is 0.154. The minimum atomic E-state index is -0.328. The number of aliphatic hydroxyl groups is 1. The van der Waals surface area contributed by atoms with Gasteiger partial charge < -0.3 is 10.4 Å². The number of hydrogen-bond acceptors (Lipinski definition) is 3. The average Bonchev–Trinajstić information content (AvgIpc) is 2.04. The van der Waals surface area contributed by atoms with Crippen molar-refractivity contribution in [2.45, 2.75) is 27.7 Å². The molecule has 76 valence electrons. The average molecular weight is 184 g/mol. The Morgan fingerprint density at radius 2 is 1.77 bits per heavy atom. The van der Waals surface area contributed by atoms with E-state index >= 15 is 0 Å². The van der Waals surface area contributed by atoms with Crippen molar-refractivity contribution in [3.63, 3.8) is 0 Å². The van der Waals surface area contributed by atoms with Gasteiger partial charge >= 0.3 is 0 Å². The zero-order valence-corrected chi connectivity index (χ0v) is 9.02. The summed E-state index contributed by atoms with van der Waals surface area (Å²) in [5.74, 6) is 0. The minimum Gasteiger partial charge on any atom is -0.396 e. The number of rotatable bonds is 5. The SMILES string of the molecule is CC(C)(C#N)CNCC(C)(C)CO. The Hall–Kier alpha value is -0.590. The van der Waals surface area contributed by atoms with E-state index in [4.69, 9.17) is 10.4 Å². The molecule has 0 aromatic carbocycles. The number of nitrogens with one attached hydrogen (secondary N) is 1. The zero-order chi connectivity index (χ0) is 10.5. The Balaban J connectivity index is 3.76. The van der Waals surface area contributed by atoms with Crippen LogP contribution < -0.4 is 5.32 Å². The van der Waals surface area contributed by atoms with Gasteiger partial charge in [-0.05, 0) is 13.8 Å². The minimum absolute atomic E-state index is 0.106. The summed E-state index contributed by atoms with van der Waals surface area (Å²) in [5.41, 5.74) is -0.433. The quantitative estimate of drug-likeness (QED) is 0.673. The molecule has 0 bridgehead atoms. The number of nitriles is 1. The van der Waals surface area contributed by atoms with Gasteiger partial charge in [0, 0.05) is 25.1 Å². The van der Waals surface area contributed by atoms with E-state index in [1.807, 2.05) is 27.7 Å². The van der Waals surface area contributed by atoms with Gasteiger partial charge in [0.15, 0.2) is 0 Å². The molecule has 0 aliphatic carbocycles. The molecule has 3 heteroatoms. The van der Waals surface area contributed by atoms with Crippen LogP contribution in [0.5, 0.6) is 0 Å². The molecule has 0 spiro atoms. The van der Waals surface area contributed by atoms with Crippen LogP contribution in [0.1, 0.15) is 27.7 Å². The molecule has 0 saturated carbocycles. The molecule has 0 atom stereocenters. The highest BCUT2D eigenvalue weighted by atomic mass is 16.3. The Morgan fingerprint density at radius 1 is 1.23 bits per heavy atom. The first-order valence-electron chi connectivity index (χ1n) is 4.56. The van der Waals surface area contributed by atoms with Crippen LogP contribution in [-0.2, 0) is 0 Å². The highest BCUT2D eigenvalue weighted by Gasteiger charge is 2.20. The van der Waals surface area contributed by atoms with Crippen molar-refractivity contribution in [3.8, 4) is 6.07 Å². The van der Waals surface area contributed by atoms with Gasteiger partial charge in [-0.1, -0.05) is 13.8 Å². The lowest BCUT2D eigenvalue weighted by Crippen LogP contribution is -2.37. The van der Waals surface area contributed by atoms with Gasteiger partial charge in [0.25, 0.3) is 0 Å². The summed E-state index contributed by atoms with van der Waals surface area (Å²) in [6.45, 7) is 9.31. The second-order valence-corrected chi connectivity index (χ2v) is 4.92. The van der Waals surface area contributed by atoms with Crippen LogP contribution in [0, 0.1) is 22.2 Å². The van der Waals surface area contributed by atoms with E-state index < -0.39 is 0 Å². The third-order valence-corrected chi connectivity index (χ3v) is 1.90. The second kappa shape index (κ2) is 4.59. The molecule has 0 aromatic rings. The van der Waals surface area contributed by atoms with E-state index in [0.717, 1.165) is 6.54 Å². The lowest BCUT2D eigenvalue weighted by atomic mass is 9.92. The molecule has 0 aliphatic heterocycles. The molecular weight excluding hydrogens is 164 g/mol. The molecule has 13 heavy (non-hydrogen) atoms. The molecule has 0 radical (unpaired) electrons. The molecule has 2 N–H and O–H groups in total. The summed E-state index contributed by atoms with van der Waals surface area (Å²) in [4.78, 5) is 0. The van der Waals surface area contributed by atoms with Crippen molar-refractivity contribution in [3.05, 3.63) is 0 Å². The molecule has 0 rings (SSSR count). The predicted octanol–water partition coefficient (Wildman–Crippen LogP) is 1.14. The van der Waals surface area contributed by atoms with Crippen LogP contribution in [0.15, 0.2) is 0 Å². The van der Waals surface area contributed by atoms with Crippen molar-refractivity contribution < 1.29 is 5.11 Å². The fraction of sp³-hybridized carbons (Fsp3) is 0.900. The summed E-state index contributed by atoms with van der Waals surface area (Å²) in [6, 6.07) is 2.22. The topological polar surface area (TPSA) is 56.0 Å². The fourth-order valence-electron chi connectivity index (χ4n) is 0.809. The molecule has 0 unspecified atom stereocenters. The molecule has 0 amide bonds. The van der Waals surface area contributed by atoms with Gasteiger partial charge in [0.05, 0.1) is 11.5 Å². The number of nitrogens with zero attached hydrogens (tertiary/aromatic N) is 1. The van der Waals surface area contributed by atoms with Crippen molar-refractivity contribution in [1.29, 1.82) is 5.26 Å². The first kappa shape index (κ1) is 12.4. The molecule has 0 saturated heterocycles. The van der Waals surface area contributed by atoms with Gasteiger partial charge in [-0.25, -0.2) is 0 Å². The Morgan fingerprint density at radius 3 is 2.15 bits per heavy atom. The zero-order valence-electron chi connectivity index (χ0n) is 9.02. The summed E-state index contributed by atoms with van der Waals surface area (Å²) in [7, 11) is 0. The standard InChI is InChI=1S/C10H20N2O/c1-9(2,5-11)6-12-7-10(3,4)8-13/h12-13H,6-8H2,1-4H3. The van der Waals surface area contributed by atoms with E-state index in [-0.39, 0.29) is 17.4 Å². The Labute approximate surface area is 80.8 Å². The smallest absolute Gasteiger partial charge is 0.0697 e. The van der Waals surface area contributed by atoms with Crippen LogP contribution in [-0.4, -0.2) is 24.8 Å². The molecule has 0 heterocycles. The highest BCUT2D eigenvalue weighted by molar-refractivity contribution is 4.93. The van der Waals surface area contributed by atoms with Crippen LogP contribution in [0.2, 0.25) is 0 Å². The van der Waals surface area contributed by atoms with Gasteiger partial charge in [-0.15, -0.1) is 0 Å². The Bertz CT molecular complexity index is 192. The maximum absolute atomic E-state index is 8.98. The molecular formula is C10H20N2O. The summed E-state index contributed by atoms with van der Waals surface area (Å²) in [6.07, 6.45) is 0. The number of aliphatic hydroxyl groups excluding tert-OH is 1. The monoisotopic (exact) mass is 184 g/mol. The second-order valence-electron chi connectivity index (χ2n) is 4.92. The fourth-order valence-corrected chi connectivity index (χ4v) is 0.809. The normalized spacial score (nSPS) is 12.6. The van der Waals surface area contributed by atoms with E-state index in [2.05, 4.69) is 11.4 Å². The number of hydrogen-bond donors (Lipinski definition) is 2. The highest BCUT2D eigenvalue weighted by Crippen LogP contribution is 2.14. The third kappa shape index (κ3) is 5.62. The third-order valence-electron chi connectivity index (χ3n) is 1.90. The van der Waals surface area contributed by atoms with Crippen molar-refractivity contribution in [2.75, 3.05) is 19.7 Å². The molecule has 3 nitrogen and oxygen atoms in total. The van der Waals surface area contributed by atoms with Crippen LogP contribution in [0.3, 0.4) is 0 Å². The van der Waals surface area contributed by atoms with Crippen molar-refractivity contribution in [1.82, 2.24) is 5.32 Å². The summed E-state index contributed by atoms with van der Waals surface area (Å²) in [5, 5.41) is 20.9. The van der Waals surface area contributed by atoms with Gasteiger partial charge in [-0.2, -0.15) is 5.26 Å². The maximum atomic E-state index is 8.98. The van der Waals surface area contributed by atoms with Crippen molar-refractivity contribution >= 4 is 0 Å². The van der Waals surface area contributed by atoms with E-state index in [0.29, 0.717) is 6.54 Å². The summed E-state index contributed by atoms with van der Waals surface area (Å²) < 4.78 is 0. The molecule has 0 fully saturated rings. The van der Waals surface area contributed by atoms with Gasteiger partial charge in [0.2, 0.25) is 0 Å². The Kier molecular flexibility index (Phi) is 4.38. The molecule has 0 aromatic heterocycles. The maximum Gasteiger partial charge on any atom is 0.0697 e.